The molecule has 88 valence electrons. The number of carbonyl (C=O) groups excluding carboxylic acids is 1. The summed E-state index contributed by atoms with van der Waals surface area (Å²) in [6.07, 6.45) is 0. The summed E-state index contributed by atoms with van der Waals surface area (Å²) in [5, 5.41) is 2.31. The third-order valence-electron chi connectivity index (χ3n) is 3.00. The van der Waals surface area contributed by atoms with Crippen LogP contribution in [0.4, 0.5) is 0 Å². The molecular formula is C9H18N2O3S. The minimum Gasteiger partial charge on any atom is -0.337 e. The van der Waals surface area contributed by atoms with E-state index in [1.54, 1.807) is 25.8 Å². The molecule has 1 fully saturated rings. The molecule has 1 N–H and O–H groups in total. The lowest BCUT2D eigenvalue weighted by atomic mass is 10.2. The number of carbonyl (C=O) groups is 1. The molecule has 1 heterocycles. The number of rotatable bonds is 2. The first-order valence-corrected chi connectivity index (χ1v) is 6.77. The Hall–Kier alpha value is -0.620. The molecule has 15 heavy (non-hydrogen) atoms. The van der Waals surface area contributed by atoms with Crippen molar-refractivity contribution >= 4 is 15.7 Å². The fourth-order valence-corrected chi connectivity index (χ4v) is 3.34. The maximum Gasteiger partial charge on any atom is 0.236 e. The molecule has 6 heteroatoms. The topological polar surface area (TPSA) is 66.5 Å². The van der Waals surface area contributed by atoms with Crippen LogP contribution in [0, 0.1) is 0 Å². The van der Waals surface area contributed by atoms with Crippen LogP contribution < -0.4 is 5.32 Å². The molecule has 0 aromatic rings. The molecular weight excluding hydrogens is 216 g/mol. The average molecular weight is 234 g/mol. The zero-order valence-corrected chi connectivity index (χ0v) is 10.2. The molecule has 0 radical (unpaired) electrons. The summed E-state index contributed by atoms with van der Waals surface area (Å²) >= 11 is 0. The maximum atomic E-state index is 11.6. The second-order valence-electron chi connectivity index (χ2n) is 3.93. The highest BCUT2D eigenvalue weighted by atomic mass is 32.2. The van der Waals surface area contributed by atoms with Crippen molar-refractivity contribution < 1.29 is 13.2 Å². The van der Waals surface area contributed by atoms with E-state index in [4.69, 9.17) is 0 Å². The quantitative estimate of drug-likeness (QED) is 0.682. The molecule has 1 rings (SSSR count). The van der Waals surface area contributed by atoms with Crippen molar-refractivity contribution in [2.24, 2.45) is 0 Å². The second-order valence-corrected chi connectivity index (χ2v) is 6.41. The number of hydrogen-bond donors (Lipinski definition) is 1. The lowest BCUT2D eigenvalue weighted by Gasteiger charge is -2.37. The lowest BCUT2D eigenvalue weighted by molar-refractivity contribution is -0.132. The molecule has 0 aliphatic carbocycles. The van der Waals surface area contributed by atoms with Gasteiger partial charge in [-0.3, -0.25) is 4.79 Å². The standard InChI is InChI=1S/C9H18N2O3S/c1-7-8(2)15(13,14)5-4-11(7)9(12)6-10-3/h7-8,10H,4-6H2,1-3H3. The van der Waals surface area contributed by atoms with Gasteiger partial charge in [-0.15, -0.1) is 0 Å². The number of amides is 1. The molecule has 2 atom stereocenters. The first-order chi connectivity index (χ1) is 6.90. The molecule has 1 aliphatic heterocycles. The van der Waals surface area contributed by atoms with Crippen molar-refractivity contribution in [3.05, 3.63) is 0 Å². The summed E-state index contributed by atoms with van der Waals surface area (Å²) in [5.74, 6) is 0.0419. The monoisotopic (exact) mass is 234 g/mol. The lowest BCUT2D eigenvalue weighted by Crippen LogP contribution is -2.55. The normalized spacial score (nSPS) is 30.2. The number of nitrogens with one attached hydrogen (secondary N) is 1. The Morgan fingerprint density at radius 1 is 1.47 bits per heavy atom. The Labute approximate surface area is 90.7 Å². The van der Waals surface area contributed by atoms with Crippen molar-refractivity contribution in [1.29, 1.82) is 0 Å². The van der Waals surface area contributed by atoms with Crippen molar-refractivity contribution in [3.63, 3.8) is 0 Å². The fourth-order valence-electron chi connectivity index (χ4n) is 1.77. The second kappa shape index (κ2) is 4.49. The third-order valence-corrected chi connectivity index (χ3v) is 5.28. The fraction of sp³-hybridized carbons (Fsp3) is 0.889. The molecule has 0 spiro atoms. The number of hydrogen-bond acceptors (Lipinski definition) is 4. The van der Waals surface area contributed by atoms with Gasteiger partial charge < -0.3 is 10.2 Å². The van der Waals surface area contributed by atoms with E-state index in [9.17, 15) is 13.2 Å². The van der Waals surface area contributed by atoms with E-state index in [1.807, 2.05) is 0 Å². The Kier molecular flexibility index (Phi) is 3.72. The number of nitrogens with zero attached hydrogens (tertiary/aromatic N) is 1. The van der Waals surface area contributed by atoms with Gasteiger partial charge in [0, 0.05) is 12.6 Å². The van der Waals surface area contributed by atoms with Crippen molar-refractivity contribution in [2.45, 2.75) is 25.1 Å². The first kappa shape index (κ1) is 12.4. The summed E-state index contributed by atoms with van der Waals surface area (Å²) in [6.45, 7) is 4.03. The minimum atomic E-state index is -3.01. The maximum absolute atomic E-state index is 11.6. The average Bonchev–Trinajstić information content (AvgIpc) is 2.15. The molecule has 0 saturated carbocycles. The molecule has 0 aromatic carbocycles. The van der Waals surface area contributed by atoms with Crippen LogP contribution >= 0.6 is 0 Å². The van der Waals surface area contributed by atoms with Crippen LogP contribution in [-0.2, 0) is 14.6 Å². The van der Waals surface area contributed by atoms with Gasteiger partial charge in [-0.1, -0.05) is 0 Å². The van der Waals surface area contributed by atoms with Gasteiger partial charge in [0.25, 0.3) is 0 Å². The van der Waals surface area contributed by atoms with Gasteiger partial charge in [-0.2, -0.15) is 0 Å². The first-order valence-electron chi connectivity index (χ1n) is 5.06. The molecule has 5 nitrogen and oxygen atoms in total. The Morgan fingerprint density at radius 3 is 2.60 bits per heavy atom. The molecule has 2 unspecified atom stereocenters. The van der Waals surface area contributed by atoms with Crippen LogP contribution in [-0.4, -0.2) is 56.4 Å². The van der Waals surface area contributed by atoms with E-state index in [1.165, 1.54) is 0 Å². The summed E-state index contributed by atoms with van der Waals surface area (Å²) in [6, 6.07) is -0.232. The summed E-state index contributed by atoms with van der Waals surface area (Å²) in [5.41, 5.74) is 0. The van der Waals surface area contributed by atoms with Crippen LogP contribution in [0.25, 0.3) is 0 Å². The summed E-state index contributed by atoms with van der Waals surface area (Å²) < 4.78 is 23.1. The van der Waals surface area contributed by atoms with Gasteiger partial charge in [0.05, 0.1) is 17.5 Å². The Morgan fingerprint density at radius 2 is 2.07 bits per heavy atom. The van der Waals surface area contributed by atoms with Crippen LogP contribution in [0.2, 0.25) is 0 Å². The smallest absolute Gasteiger partial charge is 0.236 e. The van der Waals surface area contributed by atoms with Crippen LogP contribution in [0.15, 0.2) is 0 Å². The third kappa shape index (κ3) is 2.49. The molecule has 0 aromatic heterocycles. The van der Waals surface area contributed by atoms with Gasteiger partial charge in [-0.05, 0) is 20.9 Å². The van der Waals surface area contributed by atoms with E-state index >= 15 is 0 Å². The van der Waals surface area contributed by atoms with E-state index in [0.717, 1.165) is 0 Å². The largest absolute Gasteiger partial charge is 0.337 e. The van der Waals surface area contributed by atoms with Crippen molar-refractivity contribution in [2.75, 3.05) is 25.9 Å². The van der Waals surface area contributed by atoms with Crippen molar-refractivity contribution in [1.82, 2.24) is 10.2 Å². The van der Waals surface area contributed by atoms with Crippen LogP contribution in [0.1, 0.15) is 13.8 Å². The van der Waals surface area contributed by atoms with E-state index in [2.05, 4.69) is 5.32 Å². The number of likely N-dealkylation sites (N-methyl/N-ethyl adjacent to an activating group) is 1. The molecule has 1 aliphatic rings. The van der Waals surface area contributed by atoms with E-state index in [-0.39, 0.29) is 24.2 Å². The van der Waals surface area contributed by atoms with Gasteiger partial charge in [0.2, 0.25) is 5.91 Å². The predicted octanol–water partition coefficient (Wildman–Crippen LogP) is -0.760. The van der Waals surface area contributed by atoms with Gasteiger partial charge in [-0.25, -0.2) is 8.42 Å². The predicted molar refractivity (Wildman–Crippen MR) is 58.4 cm³/mol. The van der Waals surface area contributed by atoms with Gasteiger partial charge in [0.1, 0.15) is 0 Å². The SMILES string of the molecule is CNCC(=O)N1CCS(=O)(=O)C(C)C1C. The van der Waals surface area contributed by atoms with Crippen molar-refractivity contribution in [3.8, 4) is 0 Å². The summed E-state index contributed by atoms with van der Waals surface area (Å²) in [4.78, 5) is 13.3. The van der Waals surface area contributed by atoms with Gasteiger partial charge >= 0.3 is 0 Å². The highest BCUT2D eigenvalue weighted by molar-refractivity contribution is 7.92. The minimum absolute atomic E-state index is 0.0354. The highest BCUT2D eigenvalue weighted by Gasteiger charge is 2.37. The Balaban J connectivity index is 2.77. The van der Waals surface area contributed by atoms with Gasteiger partial charge in [0.15, 0.2) is 9.84 Å². The zero-order chi connectivity index (χ0) is 11.6. The van der Waals surface area contributed by atoms with Crippen LogP contribution in [0.5, 0.6) is 0 Å². The molecule has 0 bridgehead atoms. The summed E-state index contributed by atoms with van der Waals surface area (Å²) in [7, 11) is -1.31. The molecule has 1 amide bonds. The highest BCUT2D eigenvalue weighted by Crippen LogP contribution is 2.18. The Bertz CT molecular complexity index is 339. The number of sulfone groups is 1. The van der Waals surface area contributed by atoms with Crippen LogP contribution in [0.3, 0.4) is 0 Å². The zero-order valence-electron chi connectivity index (χ0n) is 9.36. The van der Waals surface area contributed by atoms with E-state index < -0.39 is 15.1 Å². The molecule has 1 saturated heterocycles. The van der Waals surface area contributed by atoms with E-state index in [0.29, 0.717) is 6.54 Å².